The average Bonchev–Trinajstić information content (AvgIpc) is 2.35. The third kappa shape index (κ3) is 4.54. The monoisotopic (exact) mass is 290 g/mol. The van der Waals surface area contributed by atoms with Crippen molar-refractivity contribution in [3.8, 4) is 0 Å². The van der Waals surface area contributed by atoms with Gasteiger partial charge in [-0.25, -0.2) is 9.97 Å². The molecule has 0 spiro atoms. The number of anilines is 2. The summed E-state index contributed by atoms with van der Waals surface area (Å²) in [5.74, 6) is 1.48. The van der Waals surface area contributed by atoms with Crippen LogP contribution in [0.4, 0.5) is 24.8 Å². The van der Waals surface area contributed by atoms with Gasteiger partial charge in [-0.2, -0.15) is 13.2 Å². The summed E-state index contributed by atoms with van der Waals surface area (Å²) in [5, 5.41) is 3.14. The Morgan fingerprint density at radius 3 is 2.35 bits per heavy atom. The van der Waals surface area contributed by atoms with Crippen molar-refractivity contribution in [2.45, 2.75) is 39.8 Å². The second-order valence-corrected chi connectivity index (χ2v) is 4.69. The van der Waals surface area contributed by atoms with Gasteiger partial charge < -0.3 is 10.2 Å². The van der Waals surface area contributed by atoms with Crippen LogP contribution in [-0.2, 0) is 6.42 Å². The molecule has 1 aromatic heterocycles. The SMILES string of the molecule is CCCNc1nc(CC)nc(N(C)CC(F)(F)F)c1C. The zero-order valence-corrected chi connectivity index (χ0v) is 12.3. The number of aromatic nitrogens is 2. The molecule has 0 unspecified atom stereocenters. The van der Waals surface area contributed by atoms with Crippen molar-refractivity contribution in [2.75, 3.05) is 30.4 Å². The molecule has 1 N–H and O–H groups in total. The molecule has 1 heterocycles. The summed E-state index contributed by atoms with van der Waals surface area (Å²) >= 11 is 0. The second-order valence-electron chi connectivity index (χ2n) is 4.69. The number of alkyl halides is 3. The van der Waals surface area contributed by atoms with Gasteiger partial charge >= 0.3 is 6.18 Å². The summed E-state index contributed by atoms with van der Waals surface area (Å²) in [5.41, 5.74) is 0.641. The molecule has 0 saturated heterocycles. The summed E-state index contributed by atoms with van der Waals surface area (Å²) in [6.45, 7) is 5.33. The zero-order chi connectivity index (χ0) is 15.3. The van der Waals surface area contributed by atoms with Gasteiger partial charge in [0.25, 0.3) is 0 Å². The summed E-state index contributed by atoms with van der Waals surface area (Å²) in [6, 6.07) is 0. The van der Waals surface area contributed by atoms with Crippen molar-refractivity contribution in [3.05, 3.63) is 11.4 Å². The third-order valence-corrected chi connectivity index (χ3v) is 2.80. The van der Waals surface area contributed by atoms with E-state index in [0.29, 0.717) is 29.4 Å². The van der Waals surface area contributed by atoms with E-state index in [4.69, 9.17) is 0 Å². The van der Waals surface area contributed by atoms with E-state index in [1.165, 1.54) is 7.05 Å². The molecule has 0 aliphatic rings. The van der Waals surface area contributed by atoms with Gasteiger partial charge in [-0.3, -0.25) is 0 Å². The standard InChI is InChI=1S/C13H21F3N4/c1-5-7-17-11-9(3)12(19-10(6-2)18-11)20(4)8-13(14,15)16/h5-8H2,1-4H3,(H,17,18,19). The first-order valence-corrected chi connectivity index (χ1v) is 6.67. The summed E-state index contributed by atoms with van der Waals surface area (Å²) < 4.78 is 37.5. The van der Waals surface area contributed by atoms with Crippen molar-refractivity contribution in [1.29, 1.82) is 0 Å². The number of hydrogen-bond donors (Lipinski definition) is 1. The van der Waals surface area contributed by atoms with E-state index < -0.39 is 12.7 Å². The lowest BCUT2D eigenvalue weighted by atomic mass is 10.2. The molecule has 0 fully saturated rings. The van der Waals surface area contributed by atoms with Gasteiger partial charge in [0.15, 0.2) is 0 Å². The number of hydrogen-bond acceptors (Lipinski definition) is 4. The van der Waals surface area contributed by atoms with Crippen LogP contribution in [0.5, 0.6) is 0 Å². The topological polar surface area (TPSA) is 41.1 Å². The van der Waals surface area contributed by atoms with Crippen molar-refractivity contribution in [3.63, 3.8) is 0 Å². The Labute approximate surface area is 117 Å². The van der Waals surface area contributed by atoms with Crippen molar-refractivity contribution in [1.82, 2.24) is 9.97 Å². The van der Waals surface area contributed by atoms with Gasteiger partial charge in [-0.05, 0) is 13.3 Å². The molecule has 0 aliphatic carbocycles. The fourth-order valence-electron chi connectivity index (χ4n) is 1.84. The van der Waals surface area contributed by atoms with Gasteiger partial charge in [0.1, 0.15) is 24.0 Å². The Kier molecular flexibility index (Phi) is 5.59. The highest BCUT2D eigenvalue weighted by Gasteiger charge is 2.30. The van der Waals surface area contributed by atoms with Crippen LogP contribution in [0.15, 0.2) is 0 Å². The van der Waals surface area contributed by atoms with E-state index in [-0.39, 0.29) is 0 Å². The fraction of sp³-hybridized carbons (Fsp3) is 0.692. The normalized spacial score (nSPS) is 11.6. The van der Waals surface area contributed by atoms with Gasteiger partial charge in [-0.15, -0.1) is 0 Å². The molecule has 0 amide bonds. The summed E-state index contributed by atoms with van der Waals surface area (Å²) in [4.78, 5) is 9.67. The summed E-state index contributed by atoms with van der Waals surface area (Å²) in [6.07, 6.45) is -2.76. The number of nitrogens with zero attached hydrogens (tertiary/aromatic N) is 3. The zero-order valence-electron chi connectivity index (χ0n) is 12.3. The van der Waals surface area contributed by atoms with Gasteiger partial charge in [0, 0.05) is 25.6 Å². The lowest BCUT2D eigenvalue weighted by Crippen LogP contribution is -2.32. The number of rotatable bonds is 6. The minimum Gasteiger partial charge on any atom is -0.370 e. The quantitative estimate of drug-likeness (QED) is 0.873. The Bertz CT molecular complexity index is 446. The molecule has 4 nitrogen and oxygen atoms in total. The molecule has 20 heavy (non-hydrogen) atoms. The van der Waals surface area contributed by atoms with Crippen LogP contribution < -0.4 is 10.2 Å². The first-order chi connectivity index (χ1) is 9.28. The van der Waals surface area contributed by atoms with Gasteiger partial charge in [0.05, 0.1) is 0 Å². The van der Waals surface area contributed by atoms with Crippen LogP contribution in [0.2, 0.25) is 0 Å². The maximum Gasteiger partial charge on any atom is 0.405 e. The number of nitrogens with one attached hydrogen (secondary N) is 1. The summed E-state index contributed by atoms with van der Waals surface area (Å²) in [7, 11) is 1.39. The van der Waals surface area contributed by atoms with Crippen LogP contribution in [-0.4, -0.2) is 36.3 Å². The fourth-order valence-corrected chi connectivity index (χ4v) is 1.84. The maximum absolute atomic E-state index is 12.5. The lowest BCUT2D eigenvalue weighted by Gasteiger charge is -2.23. The van der Waals surface area contributed by atoms with E-state index in [1.807, 2.05) is 13.8 Å². The lowest BCUT2D eigenvalue weighted by molar-refractivity contribution is -0.119. The van der Waals surface area contributed by atoms with Crippen LogP contribution in [0.3, 0.4) is 0 Å². The molecule has 0 aliphatic heterocycles. The largest absolute Gasteiger partial charge is 0.405 e. The highest BCUT2D eigenvalue weighted by molar-refractivity contribution is 5.58. The molecule has 1 rings (SSSR count). The van der Waals surface area contributed by atoms with Gasteiger partial charge in [0.2, 0.25) is 0 Å². The predicted molar refractivity (Wildman–Crippen MR) is 74.3 cm³/mol. The van der Waals surface area contributed by atoms with E-state index in [1.54, 1.807) is 6.92 Å². The van der Waals surface area contributed by atoms with Crippen molar-refractivity contribution < 1.29 is 13.2 Å². The molecule has 0 bridgehead atoms. The average molecular weight is 290 g/mol. The highest BCUT2D eigenvalue weighted by Crippen LogP contribution is 2.26. The molecule has 114 valence electrons. The van der Waals surface area contributed by atoms with Crippen LogP contribution in [0.25, 0.3) is 0 Å². The van der Waals surface area contributed by atoms with E-state index in [2.05, 4.69) is 15.3 Å². The van der Waals surface area contributed by atoms with E-state index >= 15 is 0 Å². The molecular formula is C13H21F3N4. The van der Waals surface area contributed by atoms with Crippen molar-refractivity contribution >= 4 is 11.6 Å². The molecule has 0 saturated carbocycles. The minimum atomic E-state index is -4.25. The third-order valence-electron chi connectivity index (χ3n) is 2.80. The molecule has 1 aromatic rings. The molecule has 0 radical (unpaired) electrons. The van der Waals surface area contributed by atoms with E-state index in [9.17, 15) is 13.2 Å². The van der Waals surface area contributed by atoms with Crippen LogP contribution >= 0.6 is 0 Å². The van der Waals surface area contributed by atoms with Crippen LogP contribution in [0.1, 0.15) is 31.7 Å². The Morgan fingerprint density at radius 1 is 1.20 bits per heavy atom. The van der Waals surface area contributed by atoms with E-state index in [0.717, 1.165) is 17.9 Å². The second kappa shape index (κ2) is 6.76. The maximum atomic E-state index is 12.5. The Balaban J connectivity index is 3.10. The van der Waals surface area contributed by atoms with Crippen molar-refractivity contribution in [2.24, 2.45) is 0 Å². The van der Waals surface area contributed by atoms with Gasteiger partial charge in [-0.1, -0.05) is 13.8 Å². The molecular weight excluding hydrogens is 269 g/mol. The highest BCUT2D eigenvalue weighted by atomic mass is 19.4. The number of halogens is 3. The predicted octanol–water partition coefficient (Wildman–Crippen LogP) is 3.17. The Morgan fingerprint density at radius 2 is 1.85 bits per heavy atom. The first-order valence-electron chi connectivity index (χ1n) is 6.67. The first kappa shape index (κ1) is 16.5. The minimum absolute atomic E-state index is 0.327. The molecule has 0 atom stereocenters. The van der Waals surface area contributed by atoms with Crippen LogP contribution in [0, 0.1) is 6.92 Å². The Hall–Kier alpha value is -1.53. The smallest absolute Gasteiger partial charge is 0.370 e. The molecule has 7 heteroatoms. The number of aryl methyl sites for hydroxylation is 1. The molecule has 0 aromatic carbocycles.